The number of rotatable bonds is 2. The summed E-state index contributed by atoms with van der Waals surface area (Å²) < 4.78 is 0. The van der Waals surface area contributed by atoms with Crippen LogP contribution >= 0.6 is 0 Å². The summed E-state index contributed by atoms with van der Waals surface area (Å²) >= 11 is 0. The highest BCUT2D eigenvalue weighted by Gasteiger charge is 2.22. The van der Waals surface area contributed by atoms with Crippen LogP contribution in [0.1, 0.15) is 15.9 Å². The molecule has 0 saturated carbocycles. The van der Waals surface area contributed by atoms with Crippen molar-refractivity contribution in [3.8, 4) is 0 Å². The van der Waals surface area contributed by atoms with E-state index < -0.39 is 0 Å². The fourth-order valence-corrected chi connectivity index (χ4v) is 2.60. The molecule has 5 nitrogen and oxygen atoms in total. The van der Waals surface area contributed by atoms with Crippen LogP contribution in [-0.2, 0) is 0 Å². The van der Waals surface area contributed by atoms with E-state index >= 15 is 0 Å². The second-order valence-electron chi connectivity index (χ2n) is 5.60. The van der Waals surface area contributed by atoms with Gasteiger partial charge in [0, 0.05) is 31.7 Å². The van der Waals surface area contributed by atoms with Crippen molar-refractivity contribution in [2.24, 2.45) is 0 Å². The normalized spacial score (nSPS) is 15.0. The summed E-state index contributed by atoms with van der Waals surface area (Å²) in [5.74, 6) is 1.02. The summed E-state index contributed by atoms with van der Waals surface area (Å²) in [4.78, 5) is 20.9. The SMILES string of the molecule is Cc1ccc(C(=O)N2CCN(c3ccc(N)cn3)CC2)cc1. The quantitative estimate of drug-likeness (QED) is 0.920. The van der Waals surface area contributed by atoms with Crippen LogP contribution in [0.2, 0.25) is 0 Å². The maximum Gasteiger partial charge on any atom is 0.253 e. The van der Waals surface area contributed by atoms with Crippen molar-refractivity contribution < 1.29 is 4.79 Å². The van der Waals surface area contributed by atoms with E-state index in [1.807, 2.05) is 48.2 Å². The highest BCUT2D eigenvalue weighted by molar-refractivity contribution is 5.94. The number of hydrogen-bond acceptors (Lipinski definition) is 4. The Hall–Kier alpha value is -2.56. The molecular formula is C17H20N4O. The number of nitrogens with zero attached hydrogens (tertiary/aromatic N) is 3. The molecule has 1 aromatic heterocycles. The third-order valence-electron chi connectivity index (χ3n) is 3.96. The topological polar surface area (TPSA) is 62.5 Å². The van der Waals surface area contributed by atoms with Gasteiger partial charge < -0.3 is 15.5 Å². The number of nitrogen functional groups attached to an aromatic ring is 1. The monoisotopic (exact) mass is 296 g/mol. The number of carbonyl (C=O) groups is 1. The molecule has 3 rings (SSSR count). The molecule has 1 aromatic carbocycles. The molecule has 2 heterocycles. The van der Waals surface area contributed by atoms with E-state index in [4.69, 9.17) is 5.73 Å². The van der Waals surface area contributed by atoms with Gasteiger partial charge in [-0.05, 0) is 31.2 Å². The van der Waals surface area contributed by atoms with E-state index in [1.165, 1.54) is 0 Å². The number of piperazine rings is 1. The lowest BCUT2D eigenvalue weighted by atomic mass is 10.1. The van der Waals surface area contributed by atoms with Crippen LogP contribution in [0, 0.1) is 6.92 Å². The van der Waals surface area contributed by atoms with Gasteiger partial charge in [0.1, 0.15) is 5.82 Å². The molecule has 114 valence electrons. The van der Waals surface area contributed by atoms with E-state index in [0.717, 1.165) is 30.0 Å². The molecular weight excluding hydrogens is 276 g/mol. The minimum atomic E-state index is 0.102. The Bertz CT molecular complexity index is 643. The molecule has 0 aliphatic carbocycles. The van der Waals surface area contributed by atoms with Crippen molar-refractivity contribution in [3.63, 3.8) is 0 Å². The fourth-order valence-electron chi connectivity index (χ4n) is 2.60. The first-order valence-electron chi connectivity index (χ1n) is 7.46. The van der Waals surface area contributed by atoms with Gasteiger partial charge >= 0.3 is 0 Å². The zero-order chi connectivity index (χ0) is 15.5. The maximum atomic E-state index is 12.5. The predicted molar refractivity (Wildman–Crippen MR) is 87.9 cm³/mol. The van der Waals surface area contributed by atoms with E-state index in [0.29, 0.717) is 18.8 Å². The highest BCUT2D eigenvalue weighted by Crippen LogP contribution is 2.16. The van der Waals surface area contributed by atoms with Gasteiger partial charge in [-0.2, -0.15) is 0 Å². The molecule has 1 fully saturated rings. The second kappa shape index (κ2) is 6.05. The number of carbonyl (C=O) groups excluding carboxylic acids is 1. The van der Waals surface area contributed by atoms with Gasteiger partial charge in [-0.1, -0.05) is 17.7 Å². The van der Waals surface area contributed by atoms with Crippen LogP contribution < -0.4 is 10.6 Å². The molecule has 2 aromatic rings. The summed E-state index contributed by atoms with van der Waals surface area (Å²) in [6, 6.07) is 11.5. The zero-order valence-corrected chi connectivity index (χ0v) is 12.7. The summed E-state index contributed by atoms with van der Waals surface area (Å²) in [6.45, 7) is 5.01. The molecule has 1 saturated heterocycles. The Morgan fingerprint density at radius 1 is 1.05 bits per heavy atom. The molecule has 0 bridgehead atoms. The molecule has 1 amide bonds. The van der Waals surface area contributed by atoms with Crippen LogP contribution in [-0.4, -0.2) is 42.0 Å². The van der Waals surface area contributed by atoms with Gasteiger partial charge in [-0.25, -0.2) is 4.98 Å². The van der Waals surface area contributed by atoms with Gasteiger partial charge in [0.2, 0.25) is 0 Å². The largest absolute Gasteiger partial charge is 0.397 e. The number of benzene rings is 1. The lowest BCUT2D eigenvalue weighted by Crippen LogP contribution is -2.49. The first kappa shape index (κ1) is 14.4. The minimum absolute atomic E-state index is 0.102. The molecule has 0 unspecified atom stereocenters. The maximum absolute atomic E-state index is 12.5. The number of pyridine rings is 1. The van der Waals surface area contributed by atoms with E-state index in [2.05, 4.69) is 9.88 Å². The number of anilines is 2. The molecule has 2 N–H and O–H groups in total. The van der Waals surface area contributed by atoms with Gasteiger partial charge in [-0.3, -0.25) is 4.79 Å². The molecule has 0 radical (unpaired) electrons. The molecule has 0 atom stereocenters. The lowest BCUT2D eigenvalue weighted by Gasteiger charge is -2.35. The predicted octanol–water partition coefficient (Wildman–Crippen LogP) is 1.93. The number of hydrogen-bond donors (Lipinski definition) is 1. The van der Waals surface area contributed by atoms with Gasteiger partial charge in [0.25, 0.3) is 5.91 Å². The van der Waals surface area contributed by atoms with Crippen molar-refractivity contribution in [2.75, 3.05) is 36.8 Å². The summed E-state index contributed by atoms with van der Waals surface area (Å²) in [7, 11) is 0. The molecule has 22 heavy (non-hydrogen) atoms. The lowest BCUT2D eigenvalue weighted by molar-refractivity contribution is 0.0746. The Kier molecular flexibility index (Phi) is 3.96. The first-order chi connectivity index (χ1) is 10.6. The van der Waals surface area contributed by atoms with Crippen molar-refractivity contribution in [3.05, 3.63) is 53.7 Å². The Balaban J connectivity index is 1.62. The van der Waals surface area contributed by atoms with Gasteiger partial charge in [0.05, 0.1) is 11.9 Å². The van der Waals surface area contributed by atoms with Crippen LogP contribution in [0.15, 0.2) is 42.6 Å². The van der Waals surface area contributed by atoms with Crippen molar-refractivity contribution in [2.45, 2.75) is 6.92 Å². The summed E-state index contributed by atoms with van der Waals surface area (Å²) in [6.07, 6.45) is 1.67. The highest BCUT2D eigenvalue weighted by atomic mass is 16.2. The van der Waals surface area contributed by atoms with Crippen LogP contribution in [0.5, 0.6) is 0 Å². The third-order valence-corrected chi connectivity index (χ3v) is 3.96. The standard InChI is InChI=1S/C17H20N4O/c1-13-2-4-14(5-3-13)17(22)21-10-8-20(9-11-21)16-7-6-15(18)12-19-16/h2-7,12H,8-11,18H2,1H3. The van der Waals surface area contributed by atoms with Crippen molar-refractivity contribution >= 4 is 17.4 Å². The number of aromatic nitrogens is 1. The molecule has 1 aliphatic rings. The molecule has 0 spiro atoms. The average Bonchev–Trinajstić information content (AvgIpc) is 2.56. The van der Waals surface area contributed by atoms with Crippen LogP contribution in [0.4, 0.5) is 11.5 Å². The van der Waals surface area contributed by atoms with E-state index in [9.17, 15) is 4.79 Å². The number of aryl methyl sites for hydroxylation is 1. The van der Waals surface area contributed by atoms with E-state index in [-0.39, 0.29) is 5.91 Å². The summed E-state index contributed by atoms with van der Waals surface area (Å²) in [5.41, 5.74) is 8.24. The molecule has 5 heteroatoms. The average molecular weight is 296 g/mol. The summed E-state index contributed by atoms with van der Waals surface area (Å²) in [5, 5.41) is 0. The Labute approximate surface area is 130 Å². The smallest absolute Gasteiger partial charge is 0.253 e. The number of amides is 1. The van der Waals surface area contributed by atoms with Gasteiger partial charge in [-0.15, -0.1) is 0 Å². The van der Waals surface area contributed by atoms with Crippen molar-refractivity contribution in [1.29, 1.82) is 0 Å². The minimum Gasteiger partial charge on any atom is -0.397 e. The van der Waals surface area contributed by atoms with Crippen molar-refractivity contribution in [1.82, 2.24) is 9.88 Å². The van der Waals surface area contributed by atoms with Gasteiger partial charge in [0.15, 0.2) is 0 Å². The van der Waals surface area contributed by atoms with Crippen LogP contribution in [0.25, 0.3) is 0 Å². The van der Waals surface area contributed by atoms with E-state index in [1.54, 1.807) is 6.20 Å². The number of nitrogens with two attached hydrogens (primary N) is 1. The Morgan fingerprint density at radius 3 is 2.32 bits per heavy atom. The molecule has 1 aliphatic heterocycles. The second-order valence-corrected chi connectivity index (χ2v) is 5.60. The van der Waals surface area contributed by atoms with Crippen LogP contribution in [0.3, 0.4) is 0 Å². The Morgan fingerprint density at radius 2 is 1.73 bits per heavy atom. The zero-order valence-electron chi connectivity index (χ0n) is 12.7. The first-order valence-corrected chi connectivity index (χ1v) is 7.46. The fraction of sp³-hybridized carbons (Fsp3) is 0.294. The third kappa shape index (κ3) is 3.03.